The first-order valence-electron chi connectivity index (χ1n) is 7.69. The molecule has 0 radical (unpaired) electrons. The van der Waals surface area contributed by atoms with Gasteiger partial charge in [0.15, 0.2) is 0 Å². The molecule has 25 heavy (non-hydrogen) atoms. The Balaban J connectivity index is 2.09. The van der Waals surface area contributed by atoms with Crippen LogP contribution in [-0.4, -0.2) is 17.1 Å². The quantitative estimate of drug-likeness (QED) is 0.760. The first-order valence-corrected chi connectivity index (χ1v) is 8.57. The van der Waals surface area contributed by atoms with Gasteiger partial charge in [-0.2, -0.15) is 0 Å². The second kappa shape index (κ2) is 6.80. The monoisotopic (exact) mass is 359 g/mol. The highest BCUT2D eigenvalue weighted by Crippen LogP contribution is 2.39. The lowest BCUT2D eigenvalue weighted by Gasteiger charge is -2.15. The van der Waals surface area contributed by atoms with E-state index in [-0.39, 0.29) is 10.8 Å². The number of carbonyl (C=O) groups is 2. The van der Waals surface area contributed by atoms with Crippen LogP contribution in [0.1, 0.15) is 19.4 Å². The van der Waals surface area contributed by atoms with Crippen molar-refractivity contribution in [2.45, 2.75) is 19.1 Å². The highest BCUT2D eigenvalue weighted by molar-refractivity contribution is 8.04. The second-order valence-corrected chi connectivity index (χ2v) is 7.39. The molecule has 1 aliphatic heterocycles. The van der Waals surface area contributed by atoms with E-state index in [2.05, 4.69) is 0 Å². The molecule has 2 amide bonds. The van der Waals surface area contributed by atoms with Crippen molar-refractivity contribution >= 4 is 34.8 Å². The minimum Gasteiger partial charge on any atom is -0.268 e. The van der Waals surface area contributed by atoms with Crippen LogP contribution in [0, 0.1) is 11.6 Å². The summed E-state index contributed by atoms with van der Waals surface area (Å²) in [5.74, 6) is -1.82. The zero-order chi connectivity index (χ0) is 18.1. The number of anilines is 1. The molecule has 2 aromatic rings. The third-order valence-corrected chi connectivity index (χ3v) is 4.70. The summed E-state index contributed by atoms with van der Waals surface area (Å²) in [5, 5.41) is 0.0790. The molecule has 0 aromatic heterocycles. The van der Waals surface area contributed by atoms with Gasteiger partial charge in [0.2, 0.25) is 0 Å². The Labute approximate surface area is 148 Å². The maximum atomic E-state index is 13.2. The molecule has 1 heterocycles. The van der Waals surface area contributed by atoms with Crippen LogP contribution in [0.3, 0.4) is 0 Å². The van der Waals surface area contributed by atoms with Gasteiger partial charge in [-0.3, -0.25) is 9.59 Å². The van der Waals surface area contributed by atoms with Gasteiger partial charge in [-0.05, 0) is 42.0 Å². The van der Waals surface area contributed by atoms with Crippen LogP contribution in [0.2, 0.25) is 0 Å². The molecule has 3 rings (SSSR count). The van der Waals surface area contributed by atoms with Crippen molar-refractivity contribution in [3.63, 3.8) is 0 Å². The van der Waals surface area contributed by atoms with Crippen molar-refractivity contribution in [2.24, 2.45) is 0 Å². The van der Waals surface area contributed by atoms with Gasteiger partial charge in [-0.15, -0.1) is 11.8 Å². The minimum atomic E-state index is -0.494. The Morgan fingerprint density at radius 1 is 0.840 bits per heavy atom. The number of benzene rings is 2. The maximum Gasteiger partial charge on any atom is 0.272 e. The van der Waals surface area contributed by atoms with E-state index in [9.17, 15) is 18.4 Å². The van der Waals surface area contributed by atoms with Crippen LogP contribution >= 0.6 is 11.8 Å². The number of amides is 2. The third-order valence-electron chi connectivity index (χ3n) is 3.61. The standard InChI is InChI=1S/C19H15F2NO2S/c1-11(2)25-17-16(12-3-5-13(20)6-4-12)18(23)22(19(17)24)15-9-7-14(21)8-10-15/h3-11H,1-2H3. The van der Waals surface area contributed by atoms with Crippen LogP contribution in [0.25, 0.3) is 5.57 Å². The lowest BCUT2D eigenvalue weighted by Crippen LogP contribution is -2.31. The van der Waals surface area contributed by atoms with E-state index in [0.717, 1.165) is 4.90 Å². The number of halogens is 2. The van der Waals surface area contributed by atoms with Gasteiger partial charge in [0.05, 0.1) is 16.2 Å². The maximum absolute atomic E-state index is 13.2. The largest absolute Gasteiger partial charge is 0.272 e. The number of carbonyl (C=O) groups excluding carboxylic acids is 2. The Morgan fingerprint density at radius 2 is 1.36 bits per heavy atom. The highest BCUT2D eigenvalue weighted by Gasteiger charge is 2.40. The molecular weight excluding hydrogens is 344 g/mol. The van der Waals surface area contributed by atoms with Crippen molar-refractivity contribution in [1.29, 1.82) is 0 Å². The number of imide groups is 1. The van der Waals surface area contributed by atoms with Crippen LogP contribution in [0.4, 0.5) is 14.5 Å². The average molecular weight is 359 g/mol. The molecule has 128 valence electrons. The molecule has 0 N–H and O–H groups in total. The Kier molecular flexibility index (Phi) is 4.72. The molecule has 0 aliphatic carbocycles. The van der Waals surface area contributed by atoms with E-state index in [1.807, 2.05) is 13.8 Å². The molecule has 0 saturated heterocycles. The van der Waals surface area contributed by atoms with Crippen molar-refractivity contribution in [3.8, 4) is 0 Å². The predicted octanol–water partition coefficient (Wildman–Crippen LogP) is 4.39. The molecule has 0 fully saturated rings. The van der Waals surface area contributed by atoms with E-state index in [1.165, 1.54) is 60.3 Å². The summed E-state index contributed by atoms with van der Waals surface area (Å²) < 4.78 is 26.4. The lowest BCUT2D eigenvalue weighted by molar-refractivity contribution is -0.119. The normalized spacial score (nSPS) is 14.8. The Hall–Kier alpha value is -2.47. The SMILES string of the molecule is CC(C)SC1=C(c2ccc(F)cc2)C(=O)N(c2ccc(F)cc2)C1=O. The third kappa shape index (κ3) is 3.35. The first kappa shape index (κ1) is 17.4. The van der Waals surface area contributed by atoms with E-state index >= 15 is 0 Å². The fourth-order valence-corrected chi connectivity index (χ4v) is 3.54. The lowest BCUT2D eigenvalue weighted by atomic mass is 10.1. The molecule has 0 saturated carbocycles. The van der Waals surface area contributed by atoms with E-state index < -0.39 is 23.4 Å². The topological polar surface area (TPSA) is 37.4 Å². The molecule has 0 bridgehead atoms. The number of thioether (sulfide) groups is 1. The number of nitrogens with zero attached hydrogens (tertiary/aromatic N) is 1. The number of hydrogen-bond acceptors (Lipinski definition) is 3. The van der Waals surface area contributed by atoms with Crippen molar-refractivity contribution in [3.05, 3.63) is 70.6 Å². The molecular formula is C19H15F2NO2S. The number of hydrogen-bond donors (Lipinski definition) is 0. The first-order chi connectivity index (χ1) is 11.9. The summed E-state index contributed by atoms with van der Waals surface area (Å²) in [4.78, 5) is 27.1. The molecule has 1 aliphatic rings. The van der Waals surface area contributed by atoms with Gasteiger partial charge >= 0.3 is 0 Å². The van der Waals surface area contributed by atoms with Gasteiger partial charge in [-0.25, -0.2) is 13.7 Å². The van der Waals surface area contributed by atoms with Gasteiger partial charge in [0.1, 0.15) is 11.6 Å². The van der Waals surface area contributed by atoms with Crippen molar-refractivity contribution < 1.29 is 18.4 Å². The zero-order valence-corrected chi connectivity index (χ0v) is 14.4. The summed E-state index contributed by atoms with van der Waals surface area (Å²) in [5.41, 5.74) is 1.02. The molecule has 3 nitrogen and oxygen atoms in total. The van der Waals surface area contributed by atoms with E-state index in [1.54, 1.807) is 0 Å². The molecule has 6 heteroatoms. The van der Waals surface area contributed by atoms with Crippen molar-refractivity contribution in [1.82, 2.24) is 0 Å². The highest BCUT2D eigenvalue weighted by atomic mass is 32.2. The van der Waals surface area contributed by atoms with Crippen LogP contribution < -0.4 is 4.90 Å². The van der Waals surface area contributed by atoms with E-state index in [4.69, 9.17) is 0 Å². The molecule has 2 aromatic carbocycles. The van der Waals surface area contributed by atoms with Gasteiger partial charge < -0.3 is 0 Å². The zero-order valence-electron chi connectivity index (χ0n) is 13.6. The summed E-state index contributed by atoms with van der Waals surface area (Å²) in [6, 6.07) is 10.6. The van der Waals surface area contributed by atoms with Crippen LogP contribution in [-0.2, 0) is 9.59 Å². The van der Waals surface area contributed by atoms with Gasteiger partial charge in [0, 0.05) is 5.25 Å². The minimum absolute atomic E-state index is 0.0790. The Bertz CT molecular complexity index is 858. The second-order valence-electron chi connectivity index (χ2n) is 5.80. The van der Waals surface area contributed by atoms with Crippen LogP contribution in [0.5, 0.6) is 0 Å². The van der Waals surface area contributed by atoms with Gasteiger partial charge in [-0.1, -0.05) is 26.0 Å². The number of rotatable bonds is 4. The molecule has 0 unspecified atom stereocenters. The van der Waals surface area contributed by atoms with E-state index in [0.29, 0.717) is 16.2 Å². The van der Waals surface area contributed by atoms with Crippen molar-refractivity contribution in [2.75, 3.05) is 4.90 Å². The summed E-state index contributed by atoms with van der Waals surface area (Å²) in [7, 11) is 0. The van der Waals surface area contributed by atoms with Crippen LogP contribution in [0.15, 0.2) is 53.4 Å². The fraction of sp³-hybridized carbons (Fsp3) is 0.158. The Morgan fingerprint density at radius 3 is 1.88 bits per heavy atom. The summed E-state index contributed by atoms with van der Waals surface area (Å²) >= 11 is 1.28. The average Bonchev–Trinajstić information content (AvgIpc) is 2.80. The molecule has 0 atom stereocenters. The predicted molar refractivity (Wildman–Crippen MR) is 94.9 cm³/mol. The summed E-state index contributed by atoms with van der Waals surface area (Å²) in [6.07, 6.45) is 0. The fourth-order valence-electron chi connectivity index (χ4n) is 2.55. The smallest absolute Gasteiger partial charge is 0.268 e. The van der Waals surface area contributed by atoms with Gasteiger partial charge in [0.25, 0.3) is 11.8 Å². The summed E-state index contributed by atoms with van der Waals surface area (Å²) in [6.45, 7) is 3.83. The molecule has 0 spiro atoms.